The van der Waals surface area contributed by atoms with Crippen LogP contribution < -0.4 is 19.5 Å². The van der Waals surface area contributed by atoms with Gasteiger partial charge in [-0.1, -0.05) is 23.7 Å². The summed E-state index contributed by atoms with van der Waals surface area (Å²) in [5.41, 5.74) is 0.917. The fraction of sp³-hybridized carbons (Fsp3) is 0.350. The van der Waals surface area contributed by atoms with E-state index < -0.39 is 6.10 Å². The first-order valence-corrected chi connectivity index (χ1v) is 8.99. The molecule has 2 aromatic rings. The number of ether oxygens (including phenoxy) is 3. The van der Waals surface area contributed by atoms with E-state index in [1.54, 1.807) is 31.2 Å². The molecule has 0 unspecified atom stereocenters. The number of carbonyl (C=O) groups is 1. The summed E-state index contributed by atoms with van der Waals surface area (Å²) in [5.74, 6) is 1.71. The van der Waals surface area contributed by atoms with Gasteiger partial charge in [-0.25, -0.2) is 0 Å². The average Bonchev–Trinajstić information content (AvgIpc) is 2.62. The Labute approximate surface area is 159 Å². The number of halogens is 1. The smallest absolute Gasteiger partial charge is 0.261 e. The molecule has 0 radical (unpaired) electrons. The van der Waals surface area contributed by atoms with E-state index in [-0.39, 0.29) is 5.91 Å². The normalized spacial score (nSPS) is 11.5. The molecule has 2 aromatic carbocycles. The van der Waals surface area contributed by atoms with Crippen molar-refractivity contribution in [3.8, 4) is 17.2 Å². The van der Waals surface area contributed by atoms with Crippen molar-refractivity contribution in [1.82, 2.24) is 5.32 Å². The molecular weight excluding hydrogens is 354 g/mol. The number of rotatable bonds is 9. The van der Waals surface area contributed by atoms with Crippen LogP contribution in [0.3, 0.4) is 0 Å². The maximum absolute atomic E-state index is 12.3. The lowest BCUT2D eigenvalue weighted by atomic mass is 10.2. The molecule has 0 aliphatic heterocycles. The van der Waals surface area contributed by atoms with Gasteiger partial charge in [-0.15, -0.1) is 0 Å². The van der Waals surface area contributed by atoms with Crippen molar-refractivity contribution in [2.45, 2.75) is 33.4 Å². The minimum Gasteiger partial charge on any atom is -0.490 e. The molecule has 0 bridgehead atoms. The molecule has 0 fully saturated rings. The highest BCUT2D eigenvalue weighted by Gasteiger charge is 2.15. The van der Waals surface area contributed by atoms with E-state index in [0.717, 1.165) is 5.56 Å². The molecule has 0 heterocycles. The van der Waals surface area contributed by atoms with Crippen LogP contribution in [0, 0.1) is 0 Å². The minimum atomic E-state index is -0.637. The van der Waals surface area contributed by atoms with Gasteiger partial charge in [0.05, 0.1) is 13.2 Å². The van der Waals surface area contributed by atoms with Gasteiger partial charge >= 0.3 is 0 Å². The van der Waals surface area contributed by atoms with Gasteiger partial charge in [0.1, 0.15) is 5.75 Å². The summed E-state index contributed by atoms with van der Waals surface area (Å²) in [5, 5.41) is 3.42. The molecule has 1 atom stereocenters. The molecular formula is C20H24ClNO4. The molecule has 2 rings (SSSR count). The van der Waals surface area contributed by atoms with Crippen LogP contribution in [0.5, 0.6) is 17.2 Å². The predicted molar refractivity (Wildman–Crippen MR) is 102 cm³/mol. The molecule has 6 heteroatoms. The van der Waals surface area contributed by atoms with E-state index in [1.165, 1.54) is 0 Å². The van der Waals surface area contributed by atoms with Crippen LogP contribution in [0.1, 0.15) is 26.3 Å². The number of hydrogen-bond acceptors (Lipinski definition) is 4. The van der Waals surface area contributed by atoms with Crippen molar-refractivity contribution in [1.29, 1.82) is 0 Å². The zero-order valence-corrected chi connectivity index (χ0v) is 16.0. The van der Waals surface area contributed by atoms with Gasteiger partial charge in [0, 0.05) is 11.6 Å². The summed E-state index contributed by atoms with van der Waals surface area (Å²) < 4.78 is 16.8. The Kier molecular flexibility index (Phi) is 7.60. The van der Waals surface area contributed by atoms with Crippen LogP contribution in [0.4, 0.5) is 0 Å². The van der Waals surface area contributed by atoms with Crippen molar-refractivity contribution in [3.63, 3.8) is 0 Å². The van der Waals surface area contributed by atoms with Crippen molar-refractivity contribution in [3.05, 3.63) is 53.1 Å². The lowest BCUT2D eigenvalue weighted by molar-refractivity contribution is -0.127. The van der Waals surface area contributed by atoms with Gasteiger partial charge in [0.15, 0.2) is 17.6 Å². The number of carbonyl (C=O) groups excluding carboxylic acids is 1. The maximum atomic E-state index is 12.3. The van der Waals surface area contributed by atoms with E-state index in [9.17, 15) is 4.79 Å². The lowest BCUT2D eigenvalue weighted by Crippen LogP contribution is -2.35. The van der Waals surface area contributed by atoms with E-state index in [4.69, 9.17) is 25.8 Å². The van der Waals surface area contributed by atoms with Gasteiger partial charge in [0.25, 0.3) is 5.91 Å². The monoisotopic (exact) mass is 377 g/mol. The number of amides is 1. The largest absolute Gasteiger partial charge is 0.490 e. The lowest BCUT2D eigenvalue weighted by Gasteiger charge is -2.16. The molecule has 5 nitrogen and oxygen atoms in total. The zero-order chi connectivity index (χ0) is 18.9. The van der Waals surface area contributed by atoms with E-state index in [0.29, 0.717) is 42.0 Å². The van der Waals surface area contributed by atoms with Gasteiger partial charge in [0.2, 0.25) is 0 Å². The second-order valence-electron chi connectivity index (χ2n) is 5.58. The summed E-state index contributed by atoms with van der Waals surface area (Å²) in [7, 11) is 0. The SMILES string of the molecule is CCOc1ccc(CNC(=O)[C@@H](C)Oc2cccc(Cl)c2)cc1OCC. The third-order valence-corrected chi connectivity index (χ3v) is 3.79. The first kappa shape index (κ1) is 19.9. The molecule has 0 saturated heterocycles. The third-order valence-electron chi connectivity index (χ3n) is 3.55. The molecule has 0 aromatic heterocycles. The molecule has 0 spiro atoms. The Morgan fingerprint density at radius 2 is 1.81 bits per heavy atom. The summed E-state index contributed by atoms with van der Waals surface area (Å²) >= 11 is 5.92. The van der Waals surface area contributed by atoms with Crippen molar-refractivity contribution in [2.75, 3.05) is 13.2 Å². The Bertz CT molecular complexity index is 736. The summed E-state index contributed by atoms with van der Waals surface area (Å²) in [6, 6.07) is 12.6. The third kappa shape index (κ3) is 5.85. The molecule has 0 saturated carbocycles. The van der Waals surface area contributed by atoms with E-state index in [2.05, 4.69) is 5.32 Å². The molecule has 26 heavy (non-hydrogen) atoms. The Morgan fingerprint density at radius 1 is 1.08 bits per heavy atom. The maximum Gasteiger partial charge on any atom is 0.261 e. The molecule has 0 aliphatic carbocycles. The number of hydrogen-bond donors (Lipinski definition) is 1. The van der Waals surface area contributed by atoms with Crippen LogP contribution in [0.2, 0.25) is 5.02 Å². The van der Waals surface area contributed by atoms with Crippen molar-refractivity contribution >= 4 is 17.5 Å². The molecule has 1 N–H and O–H groups in total. The fourth-order valence-corrected chi connectivity index (χ4v) is 2.52. The quantitative estimate of drug-likeness (QED) is 0.710. The van der Waals surface area contributed by atoms with Gasteiger partial charge < -0.3 is 19.5 Å². The highest BCUT2D eigenvalue weighted by atomic mass is 35.5. The Balaban J connectivity index is 1.94. The number of nitrogens with one attached hydrogen (secondary N) is 1. The number of benzene rings is 2. The first-order valence-electron chi connectivity index (χ1n) is 8.62. The van der Waals surface area contributed by atoms with Gasteiger partial charge in [-0.05, 0) is 56.7 Å². The van der Waals surface area contributed by atoms with Crippen LogP contribution in [-0.4, -0.2) is 25.2 Å². The van der Waals surface area contributed by atoms with E-state index >= 15 is 0 Å². The minimum absolute atomic E-state index is 0.211. The Morgan fingerprint density at radius 3 is 2.50 bits per heavy atom. The van der Waals surface area contributed by atoms with Crippen LogP contribution >= 0.6 is 11.6 Å². The molecule has 140 valence electrons. The predicted octanol–water partition coefficient (Wildman–Crippen LogP) is 4.22. The highest BCUT2D eigenvalue weighted by molar-refractivity contribution is 6.30. The summed E-state index contributed by atoms with van der Waals surface area (Å²) in [4.78, 5) is 12.3. The first-order chi connectivity index (χ1) is 12.5. The molecule has 1 amide bonds. The van der Waals surface area contributed by atoms with Crippen LogP contribution in [0.15, 0.2) is 42.5 Å². The fourth-order valence-electron chi connectivity index (χ4n) is 2.34. The van der Waals surface area contributed by atoms with E-state index in [1.807, 2.05) is 32.0 Å². The second-order valence-corrected chi connectivity index (χ2v) is 6.02. The molecule has 0 aliphatic rings. The topological polar surface area (TPSA) is 56.8 Å². The van der Waals surface area contributed by atoms with Crippen molar-refractivity contribution < 1.29 is 19.0 Å². The highest BCUT2D eigenvalue weighted by Crippen LogP contribution is 2.28. The summed E-state index contributed by atoms with van der Waals surface area (Å²) in [6.07, 6.45) is -0.637. The average molecular weight is 378 g/mol. The van der Waals surface area contributed by atoms with Gasteiger partial charge in [-0.2, -0.15) is 0 Å². The van der Waals surface area contributed by atoms with Crippen LogP contribution in [-0.2, 0) is 11.3 Å². The second kappa shape index (κ2) is 9.92. The van der Waals surface area contributed by atoms with Gasteiger partial charge in [-0.3, -0.25) is 4.79 Å². The summed E-state index contributed by atoms with van der Waals surface area (Å²) in [6.45, 7) is 7.01. The zero-order valence-electron chi connectivity index (χ0n) is 15.3. The van der Waals surface area contributed by atoms with Crippen LogP contribution in [0.25, 0.3) is 0 Å². The van der Waals surface area contributed by atoms with Crippen molar-refractivity contribution in [2.24, 2.45) is 0 Å². The standard InChI is InChI=1S/C20H24ClNO4/c1-4-24-18-10-9-15(11-19(18)25-5-2)13-22-20(23)14(3)26-17-8-6-7-16(21)12-17/h6-12,14H,4-5,13H2,1-3H3,(H,22,23)/t14-/m1/s1. The Hall–Kier alpha value is -2.40.